The first-order valence-electron chi connectivity index (χ1n) is 9.23. The second-order valence-corrected chi connectivity index (χ2v) is 8.45. The van der Waals surface area contributed by atoms with Gasteiger partial charge in [0.05, 0.1) is 24.2 Å². The van der Waals surface area contributed by atoms with E-state index in [1.54, 1.807) is 0 Å². The van der Waals surface area contributed by atoms with E-state index in [0.717, 1.165) is 5.57 Å². The molecule has 0 radical (unpaired) electrons. The number of hydrogen-bond acceptors (Lipinski definition) is 8. The molecule has 4 rings (SSSR count). The normalized spacial score (nSPS) is 50.0. The molecule has 8 nitrogen and oxygen atoms in total. The Morgan fingerprint density at radius 1 is 1.30 bits per heavy atom. The first kappa shape index (κ1) is 18.9. The second-order valence-electron chi connectivity index (χ2n) is 8.45. The maximum absolute atomic E-state index is 11.8. The molecule has 1 saturated carbocycles. The SMILES string of the molecule is CC(=O)OC[C@]12C[C@H](O)C(C)=CC1OC1[C@H](O)[C@@H](OC(C)=O)[C@@]2(C)[C@@]12CO2. The predicted molar refractivity (Wildman–Crippen MR) is 90.5 cm³/mol. The molecule has 3 fully saturated rings. The average molecular weight is 382 g/mol. The number of epoxide rings is 1. The lowest BCUT2D eigenvalue weighted by Gasteiger charge is -2.58. The summed E-state index contributed by atoms with van der Waals surface area (Å²) in [6.45, 7) is 6.61. The van der Waals surface area contributed by atoms with Crippen LogP contribution in [0.1, 0.15) is 34.1 Å². The minimum absolute atomic E-state index is 0.0351. The number of ether oxygens (including phenoxy) is 4. The summed E-state index contributed by atoms with van der Waals surface area (Å²) in [6.07, 6.45) is -1.86. The van der Waals surface area contributed by atoms with Crippen LogP contribution in [0.5, 0.6) is 0 Å². The van der Waals surface area contributed by atoms with Crippen molar-refractivity contribution in [2.24, 2.45) is 10.8 Å². The molecule has 2 saturated heterocycles. The van der Waals surface area contributed by atoms with Gasteiger partial charge in [0, 0.05) is 19.3 Å². The van der Waals surface area contributed by atoms with E-state index < -0.39 is 58.9 Å². The summed E-state index contributed by atoms with van der Waals surface area (Å²) < 4.78 is 23.1. The number of hydrogen-bond donors (Lipinski definition) is 2. The summed E-state index contributed by atoms with van der Waals surface area (Å²) in [5, 5.41) is 21.6. The van der Waals surface area contributed by atoms with Crippen LogP contribution < -0.4 is 0 Å². The lowest BCUT2D eigenvalue weighted by molar-refractivity contribution is -0.239. The van der Waals surface area contributed by atoms with Crippen molar-refractivity contribution in [2.75, 3.05) is 13.2 Å². The van der Waals surface area contributed by atoms with Gasteiger partial charge < -0.3 is 29.2 Å². The molecule has 2 aliphatic heterocycles. The van der Waals surface area contributed by atoms with Crippen LogP contribution in [-0.4, -0.2) is 71.5 Å². The van der Waals surface area contributed by atoms with Crippen molar-refractivity contribution >= 4 is 11.9 Å². The number of carbonyl (C=O) groups is 2. The highest BCUT2D eigenvalue weighted by atomic mass is 16.7. The lowest BCUT2D eigenvalue weighted by Crippen LogP contribution is -2.67. The van der Waals surface area contributed by atoms with E-state index in [2.05, 4.69) is 0 Å². The minimum Gasteiger partial charge on any atom is -0.465 e. The Bertz CT molecular complexity index is 712. The van der Waals surface area contributed by atoms with E-state index in [0.29, 0.717) is 6.61 Å². The molecule has 150 valence electrons. The largest absolute Gasteiger partial charge is 0.465 e. The van der Waals surface area contributed by atoms with Gasteiger partial charge in [-0.3, -0.25) is 9.59 Å². The summed E-state index contributed by atoms with van der Waals surface area (Å²) in [4.78, 5) is 23.4. The second kappa shape index (κ2) is 5.76. The monoisotopic (exact) mass is 382 g/mol. The van der Waals surface area contributed by atoms with E-state index in [-0.39, 0.29) is 13.0 Å². The van der Waals surface area contributed by atoms with Gasteiger partial charge in [-0.15, -0.1) is 0 Å². The Morgan fingerprint density at radius 3 is 2.52 bits per heavy atom. The summed E-state index contributed by atoms with van der Waals surface area (Å²) >= 11 is 0. The molecule has 27 heavy (non-hydrogen) atoms. The van der Waals surface area contributed by atoms with Gasteiger partial charge in [-0.1, -0.05) is 13.0 Å². The van der Waals surface area contributed by atoms with Crippen LogP contribution in [0.15, 0.2) is 11.6 Å². The topological polar surface area (TPSA) is 115 Å². The molecule has 0 amide bonds. The van der Waals surface area contributed by atoms with Crippen LogP contribution in [0, 0.1) is 10.8 Å². The molecular formula is C19H26O8. The summed E-state index contributed by atoms with van der Waals surface area (Å²) in [7, 11) is 0. The number of esters is 2. The molecule has 2 aliphatic carbocycles. The highest BCUT2D eigenvalue weighted by Gasteiger charge is 2.86. The van der Waals surface area contributed by atoms with Gasteiger partial charge in [-0.25, -0.2) is 0 Å². The van der Waals surface area contributed by atoms with Crippen molar-refractivity contribution in [1.29, 1.82) is 0 Å². The highest BCUT2D eigenvalue weighted by Crippen LogP contribution is 2.72. The molecule has 2 unspecified atom stereocenters. The number of rotatable bonds is 3. The van der Waals surface area contributed by atoms with Crippen LogP contribution in [0.3, 0.4) is 0 Å². The molecule has 4 aliphatic rings. The first-order valence-corrected chi connectivity index (χ1v) is 9.23. The Balaban J connectivity index is 1.88. The smallest absolute Gasteiger partial charge is 0.303 e. The third-order valence-electron chi connectivity index (χ3n) is 7.18. The van der Waals surface area contributed by atoms with E-state index >= 15 is 0 Å². The zero-order valence-corrected chi connectivity index (χ0v) is 15.9. The predicted octanol–water partition coefficient (Wildman–Crippen LogP) is 0.0957. The molecular weight excluding hydrogens is 356 g/mol. The molecule has 0 aromatic carbocycles. The first-order chi connectivity index (χ1) is 12.6. The molecule has 2 bridgehead atoms. The fourth-order valence-corrected chi connectivity index (χ4v) is 5.60. The van der Waals surface area contributed by atoms with Crippen molar-refractivity contribution in [3.05, 3.63) is 11.6 Å². The Hall–Kier alpha value is -1.48. The van der Waals surface area contributed by atoms with E-state index in [9.17, 15) is 19.8 Å². The Labute approximate surface area is 157 Å². The van der Waals surface area contributed by atoms with Crippen molar-refractivity contribution in [1.82, 2.24) is 0 Å². The standard InChI is InChI=1S/C19H26O8/c1-9-5-13-18(6-12(9)22,7-24-10(2)20)17(4)15(26-11(3)21)14(23)16(27-13)19(17)8-25-19/h5,12-16,22-23H,6-8H2,1-4H3/t12-,13?,14+,15+,16?,17+,18+,19+/m0/s1. The van der Waals surface area contributed by atoms with Gasteiger partial charge in [-0.05, 0) is 18.9 Å². The zero-order valence-electron chi connectivity index (χ0n) is 15.9. The van der Waals surface area contributed by atoms with Crippen LogP contribution in [0.25, 0.3) is 0 Å². The van der Waals surface area contributed by atoms with Crippen molar-refractivity contribution in [2.45, 2.75) is 70.2 Å². The van der Waals surface area contributed by atoms with Crippen molar-refractivity contribution in [3.8, 4) is 0 Å². The van der Waals surface area contributed by atoms with Crippen LogP contribution >= 0.6 is 0 Å². The van der Waals surface area contributed by atoms with Gasteiger partial charge in [0.1, 0.15) is 30.5 Å². The third-order valence-corrected chi connectivity index (χ3v) is 7.18. The summed E-state index contributed by atoms with van der Waals surface area (Å²) in [5.41, 5.74) is -1.91. The summed E-state index contributed by atoms with van der Waals surface area (Å²) in [5.74, 6) is -0.978. The maximum atomic E-state index is 11.8. The van der Waals surface area contributed by atoms with Crippen LogP contribution in [0.4, 0.5) is 0 Å². The number of aliphatic hydroxyl groups excluding tert-OH is 2. The zero-order chi connectivity index (χ0) is 19.8. The van der Waals surface area contributed by atoms with E-state index in [1.807, 2.05) is 19.9 Å². The van der Waals surface area contributed by atoms with E-state index in [1.165, 1.54) is 13.8 Å². The number of carbonyl (C=O) groups excluding carboxylic acids is 2. The van der Waals surface area contributed by atoms with Crippen molar-refractivity contribution < 1.29 is 38.7 Å². The fraction of sp³-hybridized carbons (Fsp3) is 0.789. The molecule has 0 aromatic rings. The Morgan fingerprint density at radius 2 is 1.96 bits per heavy atom. The highest BCUT2D eigenvalue weighted by molar-refractivity contribution is 5.67. The quantitative estimate of drug-likeness (QED) is 0.401. The molecule has 8 atom stereocenters. The van der Waals surface area contributed by atoms with Crippen molar-refractivity contribution in [3.63, 3.8) is 0 Å². The molecule has 2 heterocycles. The maximum Gasteiger partial charge on any atom is 0.303 e. The van der Waals surface area contributed by atoms with Crippen LogP contribution in [0.2, 0.25) is 0 Å². The van der Waals surface area contributed by atoms with Gasteiger partial charge in [-0.2, -0.15) is 0 Å². The summed E-state index contributed by atoms with van der Waals surface area (Å²) in [6, 6.07) is 0. The molecule has 0 aromatic heterocycles. The van der Waals surface area contributed by atoms with Gasteiger partial charge in [0.15, 0.2) is 0 Å². The third kappa shape index (κ3) is 2.24. The average Bonchev–Trinajstić information content (AvgIpc) is 3.36. The molecule has 8 heteroatoms. The van der Waals surface area contributed by atoms with Crippen LogP contribution in [-0.2, 0) is 28.5 Å². The van der Waals surface area contributed by atoms with Gasteiger partial charge in [0.2, 0.25) is 0 Å². The fourth-order valence-electron chi connectivity index (χ4n) is 5.60. The molecule has 1 spiro atoms. The lowest BCUT2D eigenvalue weighted by atomic mass is 9.51. The number of aliphatic hydroxyl groups is 2. The Kier molecular flexibility index (Phi) is 4.03. The van der Waals surface area contributed by atoms with Gasteiger partial charge in [0.25, 0.3) is 0 Å². The van der Waals surface area contributed by atoms with E-state index in [4.69, 9.17) is 18.9 Å². The number of fused-ring (bicyclic) bond motifs is 2. The minimum atomic E-state index is -1.08. The van der Waals surface area contributed by atoms with Gasteiger partial charge >= 0.3 is 11.9 Å². The molecule has 2 N–H and O–H groups in total.